The summed E-state index contributed by atoms with van der Waals surface area (Å²) in [5.41, 5.74) is 2.11. The summed E-state index contributed by atoms with van der Waals surface area (Å²) in [6.45, 7) is 0.846. The lowest BCUT2D eigenvalue weighted by molar-refractivity contribution is -0.00815. The van der Waals surface area contributed by atoms with E-state index in [-0.39, 0.29) is 12.6 Å². The van der Waals surface area contributed by atoms with Crippen molar-refractivity contribution < 1.29 is 18.6 Å². The minimum absolute atomic E-state index is 0.131. The molecule has 2 N–H and O–H groups in total. The zero-order chi connectivity index (χ0) is 12.3. The molecule has 0 bridgehead atoms. The number of halogens is 2. The Balaban J connectivity index is 1.99. The Hall–Kier alpha value is -1.04. The fourth-order valence-corrected chi connectivity index (χ4v) is 1.90. The van der Waals surface area contributed by atoms with Crippen LogP contribution in [0.4, 0.5) is 8.78 Å². The third kappa shape index (κ3) is 3.00. The van der Waals surface area contributed by atoms with Crippen LogP contribution in [0.15, 0.2) is 24.3 Å². The molecule has 0 radical (unpaired) electrons. The predicted octanol–water partition coefficient (Wildman–Crippen LogP) is 1.47. The lowest BCUT2D eigenvalue weighted by Gasteiger charge is -2.27. The Morgan fingerprint density at radius 3 is 2.94 bits per heavy atom. The molecular formula is C12H15F2NO2. The standard InChI is InChI=1S/C12H15F2NO2/c13-12(14)11(16)5-15-10-7-17-6-8-3-1-2-4-9(8)10/h1-4,10-12,15-16H,5-7H2. The first-order chi connectivity index (χ1) is 8.18. The van der Waals surface area contributed by atoms with Crippen molar-refractivity contribution in [3.8, 4) is 0 Å². The number of aliphatic hydroxyl groups is 1. The Bertz CT molecular complexity index is 373. The largest absolute Gasteiger partial charge is 0.386 e. The van der Waals surface area contributed by atoms with Gasteiger partial charge in [-0.15, -0.1) is 0 Å². The van der Waals surface area contributed by atoms with Crippen LogP contribution >= 0.6 is 0 Å². The summed E-state index contributed by atoms with van der Waals surface area (Å²) in [4.78, 5) is 0. The summed E-state index contributed by atoms with van der Waals surface area (Å²) in [7, 11) is 0. The van der Waals surface area contributed by atoms with Crippen LogP contribution in [0.3, 0.4) is 0 Å². The Morgan fingerprint density at radius 1 is 1.41 bits per heavy atom. The summed E-state index contributed by atoms with van der Waals surface area (Å²) in [6.07, 6.45) is -4.36. The number of hydrogen-bond donors (Lipinski definition) is 2. The van der Waals surface area contributed by atoms with Gasteiger partial charge in [-0.05, 0) is 11.1 Å². The van der Waals surface area contributed by atoms with Gasteiger partial charge in [-0.1, -0.05) is 24.3 Å². The van der Waals surface area contributed by atoms with Gasteiger partial charge in [0.2, 0.25) is 0 Å². The molecule has 1 aliphatic heterocycles. The predicted molar refractivity (Wildman–Crippen MR) is 58.9 cm³/mol. The quantitative estimate of drug-likeness (QED) is 0.841. The summed E-state index contributed by atoms with van der Waals surface area (Å²) in [5.74, 6) is 0. The maximum Gasteiger partial charge on any atom is 0.265 e. The summed E-state index contributed by atoms with van der Waals surface area (Å²) >= 11 is 0. The number of fused-ring (bicyclic) bond motifs is 1. The Morgan fingerprint density at radius 2 is 2.18 bits per heavy atom. The molecule has 2 rings (SSSR count). The fourth-order valence-electron chi connectivity index (χ4n) is 1.90. The van der Waals surface area contributed by atoms with E-state index in [1.54, 1.807) is 0 Å². The second-order valence-electron chi connectivity index (χ2n) is 4.08. The van der Waals surface area contributed by atoms with E-state index in [0.29, 0.717) is 13.2 Å². The molecule has 0 fully saturated rings. The maximum absolute atomic E-state index is 12.2. The van der Waals surface area contributed by atoms with E-state index < -0.39 is 12.5 Å². The van der Waals surface area contributed by atoms with E-state index in [1.165, 1.54) is 0 Å². The second-order valence-corrected chi connectivity index (χ2v) is 4.08. The SMILES string of the molecule is OC(CNC1COCc2ccccc21)C(F)F. The van der Waals surface area contributed by atoms with Crippen LogP contribution in [0.5, 0.6) is 0 Å². The molecule has 0 aliphatic carbocycles. The van der Waals surface area contributed by atoms with Crippen LogP contribution in [0.1, 0.15) is 17.2 Å². The molecule has 2 unspecified atom stereocenters. The summed E-state index contributed by atoms with van der Waals surface area (Å²) < 4.78 is 29.7. The highest BCUT2D eigenvalue weighted by atomic mass is 19.3. The van der Waals surface area contributed by atoms with Gasteiger partial charge < -0.3 is 15.2 Å². The third-order valence-electron chi connectivity index (χ3n) is 2.84. The number of nitrogens with one attached hydrogen (secondary N) is 1. The van der Waals surface area contributed by atoms with Gasteiger partial charge in [0.05, 0.1) is 19.3 Å². The monoisotopic (exact) mass is 243 g/mol. The average molecular weight is 243 g/mol. The minimum atomic E-state index is -2.72. The van der Waals surface area contributed by atoms with Crippen molar-refractivity contribution in [3.63, 3.8) is 0 Å². The molecule has 94 valence electrons. The molecule has 0 saturated carbocycles. The molecule has 3 nitrogen and oxygen atoms in total. The lowest BCUT2D eigenvalue weighted by Crippen LogP contribution is -2.37. The highest BCUT2D eigenvalue weighted by Gasteiger charge is 2.23. The van der Waals surface area contributed by atoms with Gasteiger partial charge in [0.15, 0.2) is 0 Å². The van der Waals surface area contributed by atoms with Gasteiger partial charge in [0.1, 0.15) is 6.10 Å². The van der Waals surface area contributed by atoms with Crippen molar-refractivity contribution in [1.29, 1.82) is 0 Å². The number of benzene rings is 1. The second kappa shape index (κ2) is 5.53. The summed E-state index contributed by atoms with van der Waals surface area (Å²) in [6, 6.07) is 7.59. The summed E-state index contributed by atoms with van der Waals surface area (Å²) in [5, 5.41) is 12.0. The van der Waals surface area contributed by atoms with Crippen LogP contribution in [0.25, 0.3) is 0 Å². The van der Waals surface area contributed by atoms with Crippen molar-refractivity contribution in [3.05, 3.63) is 35.4 Å². The van der Waals surface area contributed by atoms with Crippen molar-refractivity contribution in [1.82, 2.24) is 5.32 Å². The van der Waals surface area contributed by atoms with E-state index in [9.17, 15) is 8.78 Å². The van der Waals surface area contributed by atoms with Crippen LogP contribution in [0, 0.1) is 0 Å². The first-order valence-corrected chi connectivity index (χ1v) is 5.53. The van der Waals surface area contributed by atoms with Crippen LogP contribution in [-0.2, 0) is 11.3 Å². The fraction of sp³-hybridized carbons (Fsp3) is 0.500. The van der Waals surface area contributed by atoms with Crippen LogP contribution < -0.4 is 5.32 Å². The van der Waals surface area contributed by atoms with Gasteiger partial charge in [-0.2, -0.15) is 0 Å². The number of alkyl halides is 2. The van der Waals surface area contributed by atoms with E-state index in [2.05, 4.69) is 5.32 Å². The zero-order valence-electron chi connectivity index (χ0n) is 9.27. The molecule has 0 aromatic heterocycles. The normalized spacial score (nSPS) is 21.3. The molecule has 0 spiro atoms. The van der Waals surface area contributed by atoms with E-state index in [0.717, 1.165) is 11.1 Å². The number of rotatable bonds is 4. The molecule has 0 saturated heterocycles. The van der Waals surface area contributed by atoms with Crippen LogP contribution in [-0.4, -0.2) is 30.8 Å². The van der Waals surface area contributed by atoms with E-state index >= 15 is 0 Å². The molecule has 5 heteroatoms. The Labute approximate surface area is 98.4 Å². The molecule has 1 aromatic rings. The average Bonchev–Trinajstić information content (AvgIpc) is 2.35. The molecule has 2 atom stereocenters. The lowest BCUT2D eigenvalue weighted by atomic mass is 9.99. The van der Waals surface area contributed by atoms with E-state index in [4.69, 9.17) is 9.84 Å². The third-order valence-corrected chi connectivity index (χ3v) is 2.84. The highest BCUT2D eigenvalue weighted by molar-refractivity contribution is 5.31. The topological polar surface area (TPSA) is 41.5 Å². The molecule has 17 heavy (non-hydrogen) atoms. The van der Waals surface area contributed by atoms with Gasteiger partial charge in [0, 0.05) is 6.54 Å². The number of ether oxygens (including phenoxy) is 1. The Kier molecular flexibility index (Phi) is 4.04. The van der Waals surface area contributed by atoms with Crippen molar-refractivity contribution in [2.75, 3.05) is 13.2 Å². The first kappa shape index (κ1) is 12.4. The molecule has 1 heterocycles. The minimum Gasteiger partial charge on any atom is -0.386 e. The van der Waals surface area contributed by atoms with Crippen LogP contribution in [0.2, 0.25) is 0 Å². The van der Waals surface area contributed by atoms with Gasteiger partial charge >= 0.3 is 0 Å². The van der Waals surface area contributed by atoms with Crippen molar-refractivity contribution in [2.24, 2.45) is 0 Å². The maximum atomic E-state index is 12.2. The van der Waals surface area contributed by atoms with Gasteiger partial charge in [0.25, 0.3) is 6.43 Å². The molecule has 1 aliphatic rings. The van der Waals surface area contributed by atoms with E-state index in [1.807, 2.05) is 24.3 Å². The zero-order valence-corrected chi connectivity index (χ0v) is 9.27. The van der Waals surface area contributed by atoms with Crippen molar-refractivity contribution >= 4 is 0 Å². The number of aliphatic hydroxyl groups excluding tert-OH is 1. The molecule has 0 amide bonds. The van der Waals surface area contributed by atoms with Gasteiger partial charge in [-0.3, -0.25) is 0 Å². The smallest absolute Gasteiger partial charge is 0.265 e. The molecule has 1 aromatic carbocycles. The first-order valence-electron chi connectivity index (χ1n) is 5.53. The van der Waals surface area contributed by atoms with Gasteiger partial charge in [-0.25, -0.2) is 8.78 Å². The highest BCUT2D eigenvalue weighted by Crippen LogP contribution is 2.24. The number of hydrogen-bond acceptors (Lipinski definition) is 3. The van der Waals surface area contributed by atoms with Crippen molar-refractivity contribution in [2.45, 2.75) is 25.2 Å². The molecular weight excluding hydrogens is 228 g/mol.